The monoisotopic (exact) mass is 211 g/mol. The van der Waals surface area contributed by atoms with E-state index >= 15 is 0 Å². The van der Waals surface area contributed by atoms with Crippen LogP contribution in [0, 0.1) is 11.5 Å². The number of nitriles is 1. The highest BCUT2D eigenvalue weighted by atomic mass is 35.5. The highest BCUT2D eigenvalue weighted by molar-refractivity contribution is 6.29. The van der Waals surface area contributed by atoms with Gasteiger partial charge in [-0.2, -0.15) is 5.26 Å². The quantitative estimate of drug-likeness (QED) is 0.154. The molecule has 0 saturated heterocycles. The van der Waals surface area contributed by atoms with Gasteiger partial charge in [-0.25, -0.2) is 4.98 Å². The minimum absolute atomic E-state index is 0.463. The van der Waals surface area contributed by atoms with Gasteiger partial charge in [-0.05, 0) is 18.6 Å². The highest BCUT2D eigenvalue weighted by Gasteiger charge is 1.93. The number of rotatable bonds is 2. The molecule has 5 heteroatoms. The Morgan fingerprint density at radius 2 is 2.50 bits per heavy atom. The molecule has 0 aliphatic rings. The average molecular weight is 212 g/mol. The maximum absolute atomic E-state index is 8.30. The Hall–Kier alpha value is -1.60. The number of hydrogen-bond acceptors (Lipinski definition) is 3. The summed E-state index contributed by atoms with van der Waals surface area (Å²) in [6, 6.07) is 3.55. The van der Waals surface area contributed by atoms with Crippen molar-refractivity contribution in [2.45, 2.75) is 13.5 Å². The maximum atomic E-state index is 8.30. The smallest absolute Gasteiger partial charge is 0.182 e. The van der Waals surface area contributed by atoms with Crippen molar-refractivity contribution in [2.24, 2.45) is 4.99 Å². The number of amidine groups is 1. The fourth-order valence-corrected chi connectivity index (χ4v) is 0.942. The standard InChI is InChI=1S/C9H9ClN4/c1-7(14-6-11)12-4-8-2-3-9(10)13-5-8/h2-3,5H,4H2,1H3,(H,12,14)/i1+1,7+1,12+1. The van der Waals surface area contributed by atoms with E-state index in [1.165, 1.54) is 0 Å². The molecule has 4 nitrogen and oxygen atoms in total. The molecule has 0 fully saturated rings. The van der Waals surface area contributed by atoms with Crippen LogP contribution in [0.25, 0.3) is 0 Å². The molecule has 0 atom stereocenters. The Labute approximate surface area is 87.3 Å². The molecule has 0 aromatic carbocycles. The van der Waals surface area contributed by atoms with Gasteiger partial charge in [0.1, 0.15) is 11.0 Å². The lowest BCUT2D eigenvalue weighted by atomic mass is 10.3. The van der Waals surface area contributed by atoms with E-state index in [9.17, 15) is 0 Å². The van der Waals surface area contributed by atoms with Crippen LogP contribution < -0.4 is 5.32 Å². The lowest BCUT2D eigenvalue weighted by Gasteiger charge is -1.97. The second kappa shape index (κ2) is 5.20. The molecule has 0 aliphatic heterocycles. The Morgan fingerprint density at radius 3 is 3.07 bits per heavy atom. The second-order valence-electron chi connectivity index (χ2n) is 2.63. The van der Waals surface area contributed by atoms with Crippen molar-refractivity contribution in [3.05, 3.63) is 29.0 Å². The molecule has 0 spiro atoms. The second-order valence-corrected chi connectivity index (χ2v) is 3.01. The number of aliphatic imine (C=N–C) groups is 1. The van der Waals surface area contributed by atoms with Gasteiger partial charge in [-0.15, -0.1) is 0 Å². The summed E-state index contributed by atoms with van der Waals surface area (Å²) < 4.78 is 0. The van der Waals surface area contributed by atoms with E-state index in [0.29, 0.717) is 17.5 Å². The van der Waals surface area contributed by atoms with Gasteiger partial charge in [-0.3, -0.25) is 10.3 Å². The van der Waals surface area contributed by atoms with Crippen LogP contribution in [0.4, 0.5) is 0 Å². The molecule has 0 unspecified atom stereocenters. The van der Waals surface area contributed by atoms with Gasteiger partial charge in [0.15, 0.2) is 6.19 Å². The molecular weight excluding hydrogens is 203 g/mol. The summed E-state index contributed by atoms with van der Waals surface area (Å²) in [5, 5.41) is 11.2. The summed E-state index contributed by atoms with van der Waals surface area (Å²) in [6.07, 6.45) is 3.45. The van der Waals surface area contributed by atoms with Crippen molar-refractivity contribution in [1.82, 2.24) is 10.3 Å². The van der Waals surface area contributed by atoms with Crippen LogP contribution in [0.15, 0.2) is 23.3 Å². The highest BCUT2D eigenvalue weighted by Crippen LogP contribution is 2.05. The number of pyridine rings is 1. The van der Waals surface area contributed by atoms with Crippen molar-refractivity contribution < 1.29 is 0 Å². The third-order valence-corrected chi connectivity index (χ3v) is 1.75. The number of hydrogen-bond donors (Lipinski definition) is 1. The predicted molar refractivity (Wildman–Crippen MR) is 54.8 cm³/mol. The van der Waals surface area contributed by atoms with Crippen LogP contribution in [0.3, 0.4) is 0 Å². The summed E-state index contributed by atoms with van der Waals surface area (Å²) >= 11 is 5.62. The number of nitrogens with one attached hydrogen (secondary N) is 1. The Bertz CT molecular complexity index is 363. The lowest BCUT2D eigenvalue weighted by molar-refractivity contribution is 1.02. The van der Waals surface area contributed by atoms with E-state index in [4.69, 9.17) is 16.9 Å². The van der Waals surface area contributed by atoms with Gasteiger partial charge in [0.2, 0.25) is 0 Å². The first-order valence-electron chi connectivity index (χ1n) is 3.99. The molecule has 0 bridgehead atoms. The molecule has 0 radical (unpaired) electrons. The zero-order valence-corrected chi connectivity index (χ0v) is 8.41. The van der Waals surface area contributed by atoms with Crippen LogP contribution in [-0.2, 0) is 6.54 Å². The van der Waals surface area contributed by atoms with Gasteiger partial charge in [0.05, 0.1) is 6.54 Å². The topological polar surface area (TPSA) is 61.1 Å². The van der Waals surface area contributed by atoms with E-state index in [2.05, 4.69) is 15.3 Å². The lowest BCUT2D eigenvalue weighted by Crippen LogP contribution is -2.13. The van der Waals surface area contributed by atoms with Crippen LogP contribution in [-0.4, -0.2) is 10.8 Å². The van der Waals surface area contributed by atoms with Crippen molar-refractivity contribution in [1.29, 1.82) is 5.26 Å². The molecule has 0 saturated carbocycles. The van der Waals surface area contributed by atoms with E-state index in [1.807, 2.05) is 6.07 Å². The van der Waals surface area contributed by atoms with Crippen molar-refractivity contribution in [2.75, 3.05) is 0 Å². The summed E-state index contributed by atoms with van der Waals surface area (Å²) in [6.45, 7) is 2.22. The fourth-order valence-electron chi connectivity index (χ4n) is 0.830. The normalized spacial score (nSPS) is 10.8. The average Bonchev–Trinajstić information content (AvgIpc) is 2.17. The molecule has 0 aliphatic carbocycles. The first-order chi connectivity index (χ1) is 6.72. The van der Waals surface area contributed by atoms with Crippen LogP contribution in [0.5, 0.6) is 0 Å². The van der Waals surface area contributed by atoms with Gasteiger partial charge >= 0.3 is 0 Å². The molecule has 0 amide bonds. The SMILES string of the molecule is [13CH3][13C](NC#N)=[15N]Cc1ccc(Cl)nc1. The van der Waals surface area contributed by atoms with Gasteiger partial charge in [-0.1, -0.05) is 17.7 Å². The van der Waals surface area contributed by atoms with Crippen LogP contribution >= 0.6 is 11.6 Å². The molecular formula is C9H9ClN4. The Balaban J connectivity index is 2.58. The third-order valence-electron chi connectivity index (χ3n) is 1.52. The fraction of sp³-hybridized carbons (Fsp3) is 0.222. The van der Waals surface area contributed by atoms with Crippen molar-refractivity contribution in [3.8, 4) is 6.19 Å². The van der Waals surface area contributed by atoms with Gasteiger partial charge in [0, 0.05) is 6.20 Å². The van der Waals surface area contributed by atoms with E-state index in [-0.39, 0.29) is 0 Å². The van der Waals surface area contributed by atoms with E-state index in [0.717, 1.165) is 5.56 Å². The summed E-state index contributed by atoms with van der Waals surface area (Å²) in [7, 11) is 0. The zero-order chi connectivity index (χ0) is 10.4. The summed E-state index contributed by atoms with van der Waals surface area (Å²) in [5.74, 6) is 0.586. The van der Waals surface area contributed by atoms with Crippen molar-refractivity contribution in [3.63, 3.8) is 0 Å². The zero-order valence-electron chi connectivity index (χ0n) is 7.66. The maximum Gasteiger partial charge on any atom is 0.182 e. The minimum Gasteiger partial charge on any atom is -0.281 e. The van der Waals surface area contributed by atoms with Gasteiger partial charge < -0.3 is 0 Å². The molecule has 72 valence electrons. The molecule has 1 rings (SSSR count). The number of nitrogens with zero attached hydrogens (tertiary/aromatic N) is 3. The van der Waals surface area contributed by atoms with E-state index in [1.54, 1.807) is 25.4 Å². The largest absolute Gasteiger partial charge is 0.281 e. The van der Waals surface area contributed by atoms with Crippen LogP contribution in [0.1, 0.15) is 12.5 Å². The third kappa shape index (κ3) is 3.42. The first kappa shape index (κ1) is 10.5. The predicted octanol–water partition coefficient (Wildman–Crippen LogP) is 1.72. The molecule has 1 aromatic rings. The molecule has 14 heavy (non-hydrogen) atoms. The first-order valence-corrected chi connectivity index (χ1v) is 4.37. The van der Waals surface area contributed by atoms with Crippen LogP contribution in [0.2, 0.25) is 5.15 Å². The summed E-state index contributed by atoms with van der Waals surface area (Å²) in [5.41, 5.74) is 0.952. The van der Waals surface area contributed by atoms with Gasteiger partial charge in [0.25, 0.3) is 0 Å². The van der Waals surface area contributed by atoms with Crippen molar-refractivity contribution >= 4 is 17.4 Å². The Kier molecular flexibility index (Phi) is 3.89. The number of halogens is 1. The summed E-state index contributed by atoms with van der Waals surface area (Å²) in [4.78, 5) is 8.03. The molecule has 1 aromatic heterocycles. The van der Waals surface area contributed by atoms with E-state index < -0.39 is 0 Å². The number of aromatic nitrogens is 1. The molecule has 1 N–H and O–H groups in total. The Morgan fingerprint density at radius 1 is 1.71 bits per heavy atom. The minimum atomic E-state index is 0.463. The molecule has 1 heterocycles.